The average molecular weight is 202 g/mol. The summed E-state index contributed by atoms with van der Waals surface area (Å²) in [6, 6.07) is 9.89. The van der Waals surface area contributed by atoms with Crippen LogP contribution < -0.4 is 0 Å². The molecule has 0 fully saturated rings. The zero-order valence-electron chi connectivity index (χ0n) is 8.77. The quantitative estimate of drug-likeness (QED) is 0.544. The van der Waals surface area contributed by atoms with E-state index >= 15 is 0 Å². The lowest BCUT2D eigenvalue weighted by Crippen LogP contribution is -2.27. The summed E-state index contributed by atoms with van der Waals surface area (Å²) in [6.07, 6.45) is 5.86. The van der Waals surface area contributed by atoms with Crippen LogP contribution in [0.15, 0.2) is 42.5 Å². The van der Waals surface area contributed by atoms with E-state index in [1.807, 2.05) is 36.4 Å². The van der Waals surface area contributed by atoms with E-state index in [1.165, 1.54) is 6.92 Å². The van der Waals surface area contributed by atoms with Crippen LogP contribution >= 0.6 is 0 Å². The number of esters is 1. The minimum atomic E-state index is -0.521. The molecule has 1 unspecified atom stereocenters. The van der Waals surface area contributed by atoms with Gasteiger partial charge in [-0.15, -0.1) is 0 Å². The SMILES string of the molecule is CC(=O)OC1(c2ccccc2)C=CCC1. The van der Waals surface area contributed by atoms with Gasteiger partial charge in [0.05, 0.1) is 0 Å². The second-order valence-electron chi connectivity index (χ2n) is 3.79. The molecule has 0 amide bonds. The van der Waals surface area contributed by atoms with Gasteiger partial charge in [0.15, 0.2) is 5.60 Å². The average Bonchev–Trinajstić information content (AvgIpc) is 2.68. The van der Waals surface area contributed by atoms with Crippen molar-refractivity contribution in [2.24, 2.45) is 0 Å². The Morgan fingerprint density at radius 3 is 2.60 bits per heavy atom. The summed E-state index contributed by atoms with van der Waals surface area (Å²) in [7, 11) is 0. The Morgan fingerprint density at radius 2 is 2.07 bits per heavy atom. The summed E-state index contributed by atoms with van der Waals surface area (Å²) >= 11 is 0. The van der Waals surface area contributed by atoms with E-state index in [0.29, 0.717) is 0 Å². The van der Waals surface area contributed by atoms with Crippen LogP contribution in [0.3, 0.4) is 0 Å². The summed E-state index contributed by atoms with van der Waals surface area (Å²) in [5.74, 6) is -0.231. The molecule has 0 aromatic heterocycles. The first-order valence-electron chi connectivity index (χ1n) is 5.16. The number of ether oxygens (including phenoxy) is 1. The van der Waals surface area contributed by atoms with Crippen LogP contribution in [-0.2, 0) is 15.1 Å². The largest absolute Gasteiger partial charge is 0.450 e. The third-order valence-electron chi connectivity index (χ3n) is 2.66. The molecule has 0 bridgehead atoms. The molecule has 0 aliphatic heterocycles. The van der Waals surface area contributed by atoms with Crippen molar-refractivity contribution in [2.45, 2.75) is 25.4 Å². The second-order valence-corrected chi connectivity index (χ2v) is 3.79. The van der Waals surface area contributed by atoms with Crippen LogP contribution in [0.25, 0.3) is 0 Å². The molecule has 0 saturated carbocycles. The van der Waals surface area contributed by atoms with Crippen LogP contribution in [0.1, 0.15) is 25.3 Å². The van der Waals surface area contributed by atoms with E-state index in [2.05, 4.69) is 6.08 Å². The number of rotatable bonds is 2. The third-order valence-corrected chi connectivity index (χ3v) is 2.66. The van der Waals surface area contributed by atoms with Gasteiger partial charge in [-0.1, -0.05) is 36.4 Å². The van der Waals surface area contributed by atoms with Gasteiger partial charge >= 0.3 is 5.97 Å². The van der Waals surface area contributed by atoms with Crippen molar-refractivity contribution >= 4 is 5.97 Å². The first kappa shape index (κ1) is 9.97. The lowest BCUT2D eigenvalue weighted by molar-refractivity contribution is -0.153. The Hall–Kier alpha value is -1.57. The first-order chi connectivity index (χ1) is 7.23. The van der Waals surface area contributed by atoms with Crippen LogP contribution in [-0.4, -0.2) is 5.97 Å². The summed E-state index contributed by atoms with van der Waals surface area (Å²) in [5.41, 5.74) is 0.529. The van der Waals surface area contributed by atoms with Gasteiger partial charge in [0, 0.05) is 6.92 Å². The van der Waals surface area contributed by atoms with Gasteiger partial charge in [-0.05, 0) is 24.5 Å². The van der Waals surface area contributed by atoms with Gasteiger partial charge in [-0.2, -0.15) is 0 Å². The Labute approximate surface area is 89.6 Å². The zero-order chi connectivity index (χ0) is 10.7. The summed E-state index contributed by atoms with van der Waals surface area (Å²) < 4.78 is 5.46. The molecule has 15 heavy (non-hydrogen) atoms. The van der Waals surface area contributed by atoms with Crippen LogP contribution in [0.2, 0.25) is 0 Å². The molecule has 1 aromatic rings. The highest BCUT2D eigenvalue weighted by atomic mass is 16.6. The number of benzene rings is 1. The van der Waals surface area contributed by atoms with Crippen molar-refractivity contribution in [3.63, 3.8) is 0 Å². The Kier molecular flexibility index (Phi) is 2.58. The maximum Gasteiger partial charge on any atom is 0.303 e. The lowest BCUT2D eigenvalue weighted by Gasteiger charge is -2.27. The zero-order valence-corrected chi connectivity index (χ0v) is 8.77. The minimum Gasteiger partial charge on any atom is -0.450 e. The van der Waals surface area contributed by atoms with E-state index in [0.717, 1.165) is 18.4 Å². The molecule has 0 saturated heterocycles. The summed E-state index contributed by atoms with van der Waals surface area (Å²) in [5, 5.41) is 0. The first-order valence-corrected chi connectivity index (χ1v) is 5.16. The van der Waals surface area contributed by atoms with E-state index in [9.17, 15) is 4.79 Å². The molecule has 1 aromatic carbocycles. The summed E-state index contributed by atoms with van der Waals surface area (Å²) in [4.78, 5) is 11.1. The molecule has 78 valence electrons. The number of hydrogen-bond donors (Lipinski definition) is 0. The fourth-order valence-corrected chi connectivity index (χ4v) is 2.02. The van der Waals surface area contributed by atoms with E-state index in [1.54, 1.807) is 0 Å². The predicted octanol–water partition coefficient (Wildman–Crippen LogP) is 2.80. The highest BCUT2D eigenvalue weighted by Gasteiger charge is 2.34. The number of carbonyl (C=O) groups is 1. The molecule has 2 heteroatoms. The molecule has 2 nitrogen and oxygen atoms in total. The molecule has 0 N–H and O–H groups in total. The van der Waals surface area contributed by atoms with Gasteiger partial charge in [0.1, 0.15) is 0 Å². The van der Waals surface area contributed by atoms with Crippen LogP contribution in [0.5, 0.6) is 0 Å². The van der Waals surface area contributed by atoms with Crippen molar-refractivity contribution in [1.29, 1.82) is 0 Å². The van der Waals surface area contributed by atoms with E-state index in [-0.39, 0.29) is 5.97 Å². The second kappa shape index (κ2) is 3.89. The normalized spacial score (nSPS) is 24.1. The number of hydrogen-bond acceptors (Lipinski definition) is 2. The maximum atomic E-state index is 11.1. The van der Waals surface area contributed by atoms with Gasteiger partial charge in [-0.3, -0.25) is 4.79 Å². The third kappa shape index (κ3) is 1.94. The smallest absolute Gasteiger partial charge is 0.303 e. The molecule has 1 aliphatic rings. The van der Waals surface area contributed by atoms with Crippen molar-refractivity contribution in [2.75, 3.05) is 0 Å². The molecule has 1 atom stereocenters. The predicted molar refractivity (Wildman–Crippen MR) is 58.3 cm³/mol. The van der Waals surface area contributed by atoms with Crippen molar-refractivity contribution < 1.29 is 9.53 Å². The Balaban J connectivity index is 2.35. The van der Waals surface area contributed by atoms with E-state index < -0.39 is 5.60 Å². The molecule has 0 spiro atoms. The Bertz CT molecular complexity index is 381. The van der Waals surface area contributed by atoms with Gasteiger partial charge < -0.3 is 4.74 Å². The molecule has 1 aliphatic carbocycles. The molecular formula is C13H14O2. The van der Waals surface area contributed by atoms with Crippen molar-refractivity contribution in [3.8, 4) is 0 Å². The molecule has 2 rings (SSSR count). The van der Waals surface area contributed by atoms with Crippen molar-refractivity contribution in [3.05, 3.63) is 48.0 Å². The topological polar surface area (TPSA) is 26.3 Å². The van der Waals surface area contributed by atoms with Crippen LogP contribution in [0, 0.1) is 0 Å². The minimum absolute atomic E-state index is 0.231. The standard InChI is InChI=1S/C13H14O2/c1-11(14)15-13(9-5-6-10-13)12-7-3-2-4-8-12/h2-5,7-9H,6,10H2,1H3. The Morgan fingerprint density at radius 1 is 1.33 bits per heavy atom. The highest BCUT2D eigenvalue weighted by Crippen LogP contribution is 2.37. The van der Waals surface area contributed by atoms with Gasteiger partial charge in [0.25, 0.3) is 0 Å². The monoisotopic (exact) mass is 202 g/mol. The number of carbonyl (C=O) groups excluding carboxylic acids is 1. The van der Waals surface area contributed by atoms with E-state index in [4.69, 9.17) is 4.74 Å². The summed E-state index contributed by atoms with van der Waals surface area (Å²) in [6.45, 7) is 1.46. The lowest BCUT2D eigenvalue weighted by atomic mass is 9.93. The highest BCUT2D eigenvalue weighted by molar-refractivity contribution is 5.67. The molecule has 0 radical (unpaired) electrons. The fourth-order valence-electron chi connectivity index (χ4n) is 2.02. The molecule has 0 heterocycles. The van der Waals surface area contributed by atoms with Crippen LogP contribution in [0.4, 0.5) is 0 Å². The fraction of sp³-hybridized carbons (Fsp3) is 0.308. The number of allylic oxidation sites excluding steroid dienone is 1. The van der Waals surface area contributed by atoms with Gasteiger partial charge in [0.2, 0.25) is 0 Å². The van der Waals surface area contributed by atoms with Gasteiger partial charge in [-0.25, -0.2) is 0 Å². The molecular weight excluding hydrogens is 188 g/mol. The van der Waals surface area contributed by atoms with Crippen molar-refractivity contribution in [1.82, 2.24) is 0 Å². The maximum absolute atomic E-state index is 11.1.